The second-order valence-corrected chi connectivity index (χ2v) is 11.2. The number of carboxylic acid groups (broad SMARTS) is 1. The number of nitrogens with two attached hydrogens (primary N) is 1. The van der Waals surface area contributed by atoms with E-state index in [1.54, 1.807) is 0 Å². The lowest BCUT2D eigenvalue weighted by atomic mass is 10.1. The first-order chi connectivity index (χ1) is 16.9. The molecule has 196 valence electrons. The fourth-order valence-electron chi connectivity index (χ4n) is 3.58. The summed E-state index contributed by atoms with van der Waals surface area (Å²) >= 11 is 0. The molecule has 2 heterocycles. The molecular formula is C22H36N6O5S2. The Morgan fingerprint density at radius 3 is 2.63 bits per heavy atom. The monoisotopic (exact) mass is 528 g/mol. The largest absolute Gasteiger partial charge is 0.480 e. The van der Waals surface area contributed by atoms with E-state index in [1.807, 2.05) is 21.6 Å². The molecule has 35 heavy (non-hydrogen) atoms. The maximum Gasteiger partial charge on any atom is 0.326 e. The molecule has 0 bridgehead atoms. The standard InChI is InChI=1S/C22H36N6O5S2/c23-9-4-3-6-17(22(32)33)28-21(31)18(11-15-12-24-14-26-15)27-20(30)13-25-19(29)7-2-1-5-16-8-10-34-35-16/h12,14,16-18H,1-11,13,23H2,(H,24,26)(H,25,29)(H,27,30)(H,28,31)(H,32,33)/t16-,17+,18+/m1/s1. The number of amides is 3. The molecule has 0 spiro atoms. The molecule has 0 aliphatic carbocycles. The highest BCUT2D eigenvalue weighted by atomic mass is 33.1. The highest BCUT2D eigenvalue weighted by Crippen LogP contribution is 2.39. The second-order valence-electron chi connectivity index (χ2n) is 8.44. The van der Waals surface area contributed by atoms with Crippen molar-refractivity contribution in [3.05, 3.63) is 18.2 Å². The fourth-order valence-corrected chi connectivity index (χ4v) is 6.61. The van der Waals surface area contributed by atoms with Gasteiger partial charge in [0.15, 0.2) is 0 Å². The van der Waals surface area contributed by atoms with Crippen molar-refractivity contribution in [2.24, 2.45) is 5.73 Å². The lowest BCUT2D eigenvalue weighted by Crippen LogP contribution is -2.54. The van der Waals surface area contributed by atoms with E-state index in [-0.39, 0.29) is 25.3 Å². The van der Waals surface area contributed by atoms with Crippen molar-refractivity contribution < 1.29 is 24.3 Å². The van der Waals surface area contributed by atoms with E-state index in [0.717, 1.165) is 19.3 Å². The highest BCUT2D eigenvalue weighted by molar-refractivity contribution is 8.77. The molecule has 0 saturated carbocycles. The summed E-state index contributed by atoms with van der Waals surface area (Å²) in [7, 11) is 3.82. The van der Waals surface area contributed by atoms with Crippen LogP contribution in [0.4, 0.5) is 0 Å². The van der Waals surface area contributed by atoms with E-state index < -0.39 is 29.9 Å². The van der Waals surface area contributed by atoms with Gasteiger partial charge in [-0.25, -0.2) is 9.78 Å². The van der Waals surface area contributed by atoms with Gasteiger partial charge in [-0.3, -0.25) is 14.4 Å². The summed E-state index contributed by atoms with van der Waals surface area (Å²) < 4.78 is 0. The molecule has 0 radical (unpaired) electrons. The molecule has 1 saturated heterocycles. The third-order valence-electron chi connectivity index (χ3n) is 5.55. The van der Waals surface area contributed by atoms with Crippen molar-refractivity contribution in [2.45, 2.75) is 75.1 Å². The maximum absolute atomic E-state index is 12.8. The topological polar surface area (TPSA) is 179 Å². The van der Waals surface area contributed by atoms with Crippen LogP contribution < -0.4 is 21.7 Å². The summed E-state index contributed by atoms with van der Waals surface area (Å²) in [5.41, 5.74) is 6.06. The van der Waals surface area contributed by atoms with Crippen LogP contribution in [0.15, 0.2) is 12.5 Å². The second kappa shape index (κ2) is 16.4. The third kappa shape index (κ3) is 11.8. The van der Waals surface area contributed by atoms with Gasteiger partial charge in [0.25, 0.3) is 0 Å². The zero-order valence-electron chi connectivity index (χ0n) is 19.8. The SMILES string of the molecule is NCCCC[C@H](NC(=O)[C@H](Cc1cnc[nH]1)NC(=O)CNC(=O)CCCC[C@@H]1CCSS1)C(=O)O. The first-order valence-electron chi connectivity index (χ1n) is 11.9. The van der Waals surface area contributed by atoms with Gasteiger partial charge in [0.05, 0.1) is 12.9 Å². The number of rotatable bonds is 17. The molecule has 1 aliphatic heterocycles. The van der Waals surface area contributed by atoms with Crippen LogP contribution in [0.5, 0.6) is 0 Å². The van der Waals surface area contributed by atoms with Crippen molar-refractivity contribution in [1.29, 1.82) is 0 Å². The Morgan fingerprint density at radius 1 is 1.14 bits per heavy atom. The number of hydrogen-bond acceptors (Lipinski definition) is 8. The summed E-state index contributed by atoms with van der Waals surface area (Å²) in [5, 5.41) is 17.8. The zero-order chi connectivity index (χ0) is 25.5. The van der Waals surface area contributed by atoms with Gasteiger partial charge in [0.1, 0.15) is 12.1 Å². The van der Waals surface area contributed by atoms with E-state index >= 15 is 0 Å². The van der Waals surface area contributed by atoms with Crippen LogP contribution >= 0.6 is 21.6 Å². The van der Waals surface area contributed by atoms with Gasteiger partial charge in [-0.05, 0) is 45.1 Å². The number of carbonyl (C=O) groups excluding carboxylic acids is 3. The molecule has 13 heteroatoms. The van der Waals surface area contributed by atoms with Gasteiger partial charge in [-0.1, -0.05) is 28.0 Å². The Bertz CT molecular complexity index is 804. The first kappa shape index (κ1) is 29.0. The zero-order valence-corrected chi connectivity index (χ0v) is 21.4. The number of aliphatic carboxylic acids is 1. The number of aromatic amines is 1. The van der Waals surface area contributed by atoms with Crippen LogP contribution in [0, 0.1) is 0 Å². The lowest BCUT2D eigenvalue weighted by molar-refractivity contribution is -0.142. The smallest absolute Gasteiger partial charge is 0.326 e. The lowest BCUT2D eigenvalue weighted by Gasteiger charge is -2.21. The number of aromatic nitrogens is 2. The first-order valence-corrected chi connectivity index (χ1v) is 14.3. The van der Waals surface area contributed by atoms with Crippen LogP contribution in [0.1, 0.15) is 57.1 Å². The van der Waals surface area contributed by atoms with Gasteiger partial charge in [0, 0.05) is 35.7 Å². The molecule has 2 rings (SSSR count). The number of unbranched alkanes of at least 4 members (excludes halogenated alkanes) is 2. The van der Waals surface area contributed by atoms with E-state index in [1.165, 1.54) is 24.7 Å². The molecule has 1 aliphatic rings. The maximum atomic E-state index is 12.8. The van der Waals surface area contributed by atoms with Crippen LogP contribution in [0.2, 0.25) is 0 Å². The summed E-state index contributed by atoms with van der Waals surface area (Å²) in [6.45, 7) is 0.169. The van der Waals surface area contributed by atoms with Crippen molar-refractivity contribution in [2.75, 3.05) is 18.8 Å². The number of imidazole rings is 1. The molecule has 7 N–H and O–H groups in total. The van der Waals surface area contributed by atoms with E-state index in [4.69, 9.17) is 5.73 Å². The molecule has 1 fully saturated rings. The van der Waals surface area contributed by atoms with Gasteiger partial charge in [-0.2, -0.15) is 0 Å². The van der Waals surface area contributed by atoms with Crippen molar-refractivity contribution in [3.8, 4) is 0 Å². The predicted octanol–water partition coefficient (Wildman–Crippen LogP) is 0.966. The Hall–Kier alpha value is -2.25. The Kier molecular flexibility index (Phi) is 13.6. The van der Waals surface area contributed by atoms with E-state index in [2.05, 4.69) is 25.9 Å². The molecular weight excluding hydrogens is 492 g/mol. The molecule has 0 unspecified atom stereocenters. The average molecular weight is 529 g/mol. The Morgan fingerprint density at radius 2 is 1.97 bits per heavy atom. The van der Waals surface area contributed by atoms with Gasteiger partial charge >= 0.3 is 5.97 Å². The molecule has 1 aromatic heterocycles. The number of nitrogens with one attached hydrogen (secondary N) is 4. The summed E-state index contributed by atoms with van der Waals surface area (Å²) in [6.07, 6.45) is 8.89. The number of carbonyl (C=O) groups is 4. The van der Waals surface area contributed by atoms with Crippen LogP contribution in [-0.2, 0) is 25.6 Å². The minimum absolute atomic E-state index is 0.0954. The summed E-state index contributed by atoms with van der Waals surface area (Å²) in [4.78, 5) is 55.7. The molecule has 3 amide bonds. The predicted molar refractivity (Wildman–Crippen MR) is 137 cm³/mol. The van der Waals surface area contributed by atoms with Crippen molar-refractivity contribution in [1.82, 2.24) is 25.9 Å². The van der Waals surface area contributed by atoms with Crippen LogP contribution in [0.3, 0.4) is 0 Å². The highest BCUT2D eigenvalue weighted by Gasteiger charge is 2.27. The van der Waals surface area contributed by atoms with Crippen molar-refractivity contribution in [3.63, 3.8) is 0 Å². The molecule has 11 nitrogen and oxygen atoms in total. The van der Waals surface area contributed by atoms with Gasteiger partial charge in [-0.15, -0.1) is 0 Å². The summed E-state index contributed by atoms with van der Waals surface area (Å²) in [5.74, 6) is -1.33. The number of H-pyrrole nitrogens is 1. The molecule has 1 aromatic rings. The number of hydrogen-bond donors (Lipinski definition) is 6. The van der Waals surface area contributed by atoms with Crippen LogP contribution in [-0.4, -0.2) is 74.9 Å². The minimum atomic E-state index is -1.15. The number of carboxylic acids is 1. The Balaban J connectivity index is 1.80. The fraction of sp³-hybridized carbons (Fsp3) is 0.682. The van der Waals surface area contributed by atoms with E-state index in [0.29, 0.717) is 36.8 Å². The minimum Gasteiger partial charge on any atom is -0.480 e. The summed E-state index contributed by atoms with van der Waals surface area (Å²) in [6, 6.07) is -2.12. The molecule has 3 atom stereocenters. The van der Waals surface area contributed by atoms with E-state index in [9.17, 15) is 24.3 Å². The average Bonchev–Trinajstić information content (AvgIpc) is 3.54. The van der Waals surface area contributed by atoms with Crippen LogP contribution in [0.25, 0.3) is 0 Å². The number of nitrogens with zero attached hydrogens (tertiary/aromatic N) is 1. The quantitative estimate of drug-likeness (QED) is 0.127. The normalized spacial score (nSPS) is 16.9. The molecule has 0 aromatic carbocycles. The van der Waals surface area contributed by atoms with Crippen molar-refractivity contribution >= 4 is 45.3 Å². The third-order valence-corrected chi connectivity index (χ3v) is 8.55. The van der Waals surface area contributed by atoms with Gasteiger partial charge in [0.2, 0.25) is 17.7 Å². The Labute approximate surface area is 213 Å². The van der Waals surface area contributed by atoms with Gasteiger partial charge < -0.3 is 31.8 Å².